The SMILES string of the molecule is [CH]=C(C)C(=O)CBr. The fourth-order valence-corrected chi connectivity index (χ4v) is 0.548. The summed E-state index contributed by atoms with van der Waals surface area (Å²) < 4.78 is 0. The molecule has 0 aliphatic carbocycles. The van der Waals surface area contributed by atoms with Gasteiger partial charge in [-0.1, -0.05) is 22.5 Å². The number of halogens is 1. The van der Waals surface area contributed by atoms with Crippen LogP contribution in [0.3, 0.4) is 0 Å². The monoisotopic (exact) mass is 161 g/mol. The molecule has 0 atom stereocenters. The first kappa shape index (κ1) is 6.89. The molecular weight excluding hydrogens is 156 g/mol. The summed E-state index contributed by atoms with van der Waals surface area (Å²) in [5.41, 5.74) is 0.358. The molecule has 0 aromatic carbocycles. The second-order valence-electron chi connectivity index (χ2n) is 1.24. The highest BCUT2D eigenvalue weighted by molar-refractivity contribution is 9.09. The van der Waals surface area contributed by atoms with Crippen LogP contribution in [0.5, 0.6) is 0 Å². The zero-order chi connectivity index (χ0) is 5.86. The molecule has 0 aromatic rings. The first-order valence-corrected chi connectivity index (χ1v) is 2.99. The minimum atomic E-state index is -0.0417. The van der Waals surface area contributed by atoms with Crippen LogP contribution >= 0.6 is 15.9 Å². The number of carbonyl (C=O) groups is 1. The number of Topliss-reactive ketones (excluding diaryl/α,β-unsaturated/α-hetero) is 1. The average molecular weight is 162 g/mol. The molecule has 0 fully saturated rings. The Balaban J connectivity index is 3.58. The number of allylic oxidation sites excluding steroid dienone is 1. The second-order valence-corrected chi connectivity index (χ2v) is 1.80. The lowest BCUT2D eigenvalue weighted by molar-refractivity contribution is -0.113. The first-order chi connectivity index (χ1) is 3.18. The van der Waals surface area contributed by atoms with Gasteiger partial charge in [-0.05, 0) is 12.5 Å². The molecule has 0 aromatic heterocycles. The van der Waals surface area contributed by atoms with E-state index in [0.29, 0.717) is 10.9 Å². The summed E-state index contributed by atoms with van der Waals surface area (Å²) >= 11 is 2.96. The quantitative estimate of drug-likeness (QED) is 0.442. The third-order valence-electron chi connectivity index (χ3n) is 0.561. The number of hydrogen-bond donors (Lipinski definition) is 0. The van der Waals surface area contributed by atoms with Crippen molar-refractivity contribution >= 4 is 21.7 Å². The van der Waals surface area contributed by atoms with E-state index in [-0.39, 0.29) is 5.78 Å². The van der Waals surface area contributed by atoms with Gasteiger partial charge < -0.3 is 0 Å². The van der Waals surface area contributed by atoms with Crippen molar-refractivity contribution in [2.24, 2.45) is 0 Å². The standard InChI is InChI=1S/C5H6BrO/c1-4(2)5(7)3-6/h1H,3H2,2H3. The molecule has 0 saturated carbocycles. The summed E-state index contributed by atoms with van der Waals surface area (Å²) in [5, 5.41) is 0.329. The molecule has 0 aliphatic rings. The molecule has 0 spiro atoms. The van der Waals surface area contributed by atoms with Crippen molar-refractivity contribution in [3.05, 3.63) is 12.2 Å². The normalized spacial score (nSPS) is 8.29. The van der Waals surface area contributed by atoms with E-state index in [1.54, 1.807) is 6.92 Å². The van der Waals surface area contributed by atoms with Gasteiger partial charge in [0.25, 0.3) is 0 Å². The molecule has 2 heteroatoms. The molecule has 1 radical (unpaired) electrons. The predicted molar refractivity (Wildman–Crippen MR) is 32.3 cm³/mol. The molecular formula is C5H6BrO. The van der Waals surface area contributed by atoms with E-state index in [9.17, 15) is 4.79 Å². The fourth-order valence-electron chi connectivity index (χ4n) is 0.105. The maximum atomic E-state index is 10.3. The van der Waals surface area contributed by atoms with E-state index in [1.807, 2.05) is 0 Å². The highest BCUT2D eigenvalue weighted by Crippen LogP contribution is 1.91. The Morgan fingerprint density at radius 1 is 1.86 bits per heavy atom. The Morgan fingerprint density at radius 2 is 2.29 bits per heavy atom. The maximum absolute atomic E-state index is 10.3. The molecule has 0 saturated heterocycles. The molecule has 7 heavy (non-hydrogen) atoms. The molecule has 0 N–H and O–H groups in total. The first-order valence-electron chi connectivity index (χ1n) is 1.86. The van der Waals surface area contributed by atoms with E-state index in [2.05, 4.69) is 15.9 Å². The molecule has 0 amide bonds. The van der Waals surface area contributed by atoms with Crippen LogP contribution < -0.4 is 0 Å². The Hall–Kier alpha value is -0.110. The molecule has 0 rings (SSSR count). The van der Waals surface area contributed by atoms with Crippen molar-refractivity contribution in [3.63, 3.8) is 0 Å². The molecule has 0 unspecified atom stereocenters. The molecule has 1 nitrogen and oxygen atoms in total. The van der Waals surface area contributed by atoms with E-state index in [1.165, 1.54) is 0 Å². The van der Waals surface area contributed by atoms with E-state index >= 15 is 0 Å². The van der Waals surface area contributed by atoms with Crippen molar-refractivity contribution in [2.75, 3.05) is 5.33 Å². The number of hydrogen-bond acceptors (Lipinski definition) is 1. The highest BCUT2D eigenvalue weighted by atomic mass is 79.9. The smallest absolute Gasteiger partial charge is 0.169 e. The molecule has 0 heterocycles. The van der Waals surface area contributed by atoms with Crippen molar-refractivity contribution in [1.82, 2.24) is 0 Å². The van der Waals surface area contributed by atoms with Crippen molar-refractivity contribution in [3.8, 4) is 0 Å². The second kappa shape index (κ2) is 2.97. The van der Waals surface area contributed by atoms with Gasteiger partial charge in [0.1, 0.15) is 0 Å². The van der Waals surface area contributed by atoms with Crippen molar-refractivity contribution in [2.45, 2.75) is 6.92 Å². The van der Waals surface area contributed by atoms with Gasteiger partial charge in [0, 0.05) is 0 Å². The summed E-state index contributed by atoms with van der Waals surface area (Å²) in [4.78, 5) is 10.3. The Kier molecular flexibility index (Phi) is 2.92. The number of ketones is 1. The lowest BCUT2D eigenvalue weighted by atomic mass is 10.3. The Morgan fingerprint density at radius 3 is 2.29 bits per heavy atom. The van der Waals surface area contributed by atoms with Gasteiger partial charge in [-0.2, -0.15) is 0 Å². The van der Waals surface area contributed by atoms with Crippen LogP contribution in [-0.4, -0.2) is 11.1 Å². The summed E-state index contributed by atoms with van der Waals surface area (Å²) in [7, 11) is 0. The Bertz CT molecular complexity index is 96.3. The van der Waals surface area contributed by atoms with E-state index < -0.39 is 0 Å². The lowest BCUT2D eigenvalue weighted by Crippen LogP contribution is -1.97. The zero-order valence-electron chi connectivity index (χ0n) is 4.07. The third kappa shape index (κ3) is 2.57. The van der Waals surface area contributed by atoms with E-state index in [4.69, 9.17) is 6.58 Å². The summed E-state index contributed by atoms with van der Waals surface area (Å²) in [6.07, 6.45) is 0. The number of alkyl halides is 1. The fraction of sp³-hybridized carbons (Fsp3) is 0.400. The average Bonchev–Trinajstić information content (AvgIpc) is 1.65. The van der Waals surface area contributed by atoms with Crippen LogP contribution in [0.15, 0.2) is 5.57 Å². The third-order valence-corrected chi connectivity index (χ3v) is 1.07. The lowest BCUT2D eigenvalue weighted by Gasteiger charge is -1.86. The number of rotatable bonds is 2. The molecule has 39 valence electrons. The molecule has 0 aliphatic heterocycles. The number of carbonyl (C=O) groups excluding carboxylic acids is 1. The van der Waals surface area contributed by atoms with Gasteiger partial charge in [0.2, 0.25) is 0 Å². The maximum Gasteiger partial charge on any atom is 0.169 e. The Labute approximate surface area is 51.5 Å². The van der Waals surface area contributed by atoms with Gasteiger partial charge in [-0.3, -0.25) is 4.79 Å². The predicted octanol–water partition coefficient (Wildman–Crippen LogP) is 1.33. The highest BCUT2D eigenvalue weighted by Gasteiger charge is 1.95. The topological polar surface area (TPSA) is 17.1 Å². The summed E-state index contributed by atoms with van der Waals surface area (Å²) in [6.45, 7) is 6.67. The van der Waals surface area contributed by atoms with Gasteiger partial charge in [-0.15, -0.1) is 0 Å². The van der Waals surface area contributed by atoms with Crippen molar-refractivity contribution in [1.29, 1.82) is 0 Å². The van der Waals surface area contributed by atoms with Crippen LogP contribution in [0.25, 0.3) is 0 Å². The van der Waals surface area contributed by atoms with Crippen LogP contribution in [0.1, 0.15) is 6.92 Å². The summed E-state index contributed by atoms with van der Waals surface area (Å²) in [6, 6.07) is 0. The minimum absolute atomic E-state index is 0.0417. The zero-order valence-corrected chi connectivity index (χ0v) is 5.66. The van der Waals surface area contributed by atoms with Gasteiger partial charge in [0.15, 0.2) is 5.78 Å². The van der Waals surface area contributed by atoms with Crippen LogP contribution in [0.2, 0.25) is 0 Å². The van der Waals surface area contributed by atoms with Gasteiger partial charge >= 0.3 is 0 Å². The summed E-state index contributed by atoms with van der Waals surface area (Å²) in [5.74, 6) is -0.0417. The minimum Gasteiger partial charge on any atom is -0.294 e. The largest absolute Gasteiger partial charge is 0.294 e. The van der Waals surface area contributed by atoms with Crippen molar-refractivity contribution < 1.29 is 4.79 Å². The molecule has 0 bridgehead atoms. The van der Waals surface area contributed by atoms with Crippen LogP contribution in [-0.2, 0) is 4.79 Å². The van der Waals surface area contributed by atoms with Gasteiger partial charge in [-0.25, -0.2) is 0 Å². The van der Waals surface area contributed by atoms with Crippen LogP contribution in [0.4, 0.5) is 0 Å². The van der Waals surface area contributed by atoms with E-state index in [0.717, 1.165) is 0 Å². The van der Waals surface area contributed by atoms with Crippen LogP contribution in [0, 0.1) is 6.58 Å². The van der Waals surface area contributed by atoms with Gasteiger partial charge in [0.05, 0.1) is 5.33 Å².